The minimum absolute atomic E-state index is 0. The summed E-state index contributed by atoms with van der Waals surface area (Å²) in [5, 5.41) is 16.9. The predicted molar refractivity (Wildman–Crippen MR) is 37.7 cm³/mol. The van der Waals surface area contributed by atoms with Gasteiger partial charge in [-0.25, -0.2) is 0 Å². The molecule has 0 aromatic rings. The molecule has 32 valence electrons. The van der Waals surface area contributed by atoms with Crippen molar-refractivity contribution in [2.75, 3.05) is 0 Å². The van der Waals surface area contributed by atoms with E-state index in [1.54, 1.807) is 0 Å². The van der Waals surface area contributed by atoms with Crippen LogP contribution in [-0.4, -0.2) is 48.1 Å². The van der Waals surface area contributed by atoms with Crippen LogP contribution < -0.4 is 0 Å². The molecule has 0 saturated carbocycles. The molecular formula is C2CaN2S2. The van der Waals surface area contributed by atoms with Crippen LogP contribution in [0.4, 0.5) is 0 Å². The van der Waals surface area contributed by atoms with Crippen molar-refractivity contribution < 1.29 is 0 Å². The maximum atomic E-state index is 7.13. The van der Waals surface area contributed by atoms with Crippen molar-refractivity contribution in [1.82, 2.24) is 0 Å². The molecule has 7 heavy (non-hydrogen) atoms. The van der Waals surface area contributed by atoms with Crippen molar-refractivity contribution in [2.24, 2.45) is 0 Å². The van der Waals surface area contributed by atoms with E-state index in [4.69, 9.17) is 10.8 Å². The molecule has 5 heteroatoms. The normalized spacial score (nSPS) is 2.29. The zero-order chi connectivity index (χ0) is 5.41. The summed E-state index contributed by atoms with van der Waals surface area (Å²) in [6, 6.07) is 0. The van der Waals surface area contributed by atoms with Crippen molar-refractivity contribution in [3.63, 3.8) is 0 Å². The summed E-state index contributed by atoms with van der Waals surface area (Å²) >= 11 is 7.40. The number of isothiocyanates is 2. The van der Waals surface area contributed by atoms with E-state index in [0.717, 1.165) is 0 Å². The van der Waals surface area contributed by atoms with E-state index in [0.29, 0.717) is 0 Å². The maximum Gasteiger partial charge on any atom is 2.00 e. The van der Waals surface area contributed by atoms with E-state index in [1.807, 2.05) is 0 Å². The summed E-state index contributed by atoms with van der Waals surface area (Å²) in [7, 11) is 0. The Labute approximate surface area is 82.3 Å². The van der Waals surface area contributed by atoms with Crippen LogP contribution >= 0.6 is 24.4 Å². The van der Waals surface area contributed by atoms with Gasteiger partial charge in [0.05, 0.1) is 0 Å². The van der Waals surface area contributed by atoms with Crippen LogP contribution in [0.3, 0.4) is 0 Å². The number of rotatable bonds is 0. The van der Waals surface area contributed by atoms with Crippen LogP contribution in [0.15, 0.2) is 0 Å². The molecule has 2 nitrogen and oxygen atoms in total. The van der Waals surface area contributed by atoms with Crippen LogP contribution in [0.25, 0.3) is 10.8 Å². The van der Waals surface area contributed by atoms with Crippen LogP contribution in [0.1, 0.15) is 0 Å². The fraction of sp³-hybridized carbons (Fsp3) is 0. The van der Waals surface area contributed by atoms with Gasteiger partial charge in [0.2, 0.25) is 0 Å². The van der Waals surface area contributed by atoms with E-state index in [2.05, 4.69) is 24.4 Å². The van der Waals surface area contributed by atoms with Crippen molar-refractivity contribution in [2.45, 2.75) is 0 Å². The van der Waals surface area contributed by atoms with Crippen LogP contribution in [-0.2, 0) is 0 Å². The third-order valence-corrected chi connectivity index (χ3v) is 0. The van der Waals surface area contributed by atoms with Gasteiger partial charge in [-0.3, -0.25) is 0 Å². The fourth-order valence-corrected chi connectivity index (χ4v) is 0. The molecule has 0 rings (SSSR count). The fourth-order valence-electron chi connectivity index (χ4n) is 0. The quantitative estimate of drug-likeness (QED) is 0.297. The van der Waals surface area contributed by atoms with E-state index in [-0.39, 0.29) is 37.7 Å². The van der Waals surface area contributed by atoms with Gasteiger partial charge in [0, 0.05) is 0 Å². The molecule has 0 aliphatic rings. The van der Waals surface area contributed by atoms with Crippen molar-refractivity contribution in [3.05, 3.63) is 10.8 Å². The Bertz CT molecular complexity index is 67.7. The molecule has 0 radical (unpaired) electrons. The molecule has 0 aliphatic heterocycles. The molecule has 0 bridgehead atoms. The molecular weight excluding hydrogens is 156 g/mol. The first-order valence-electron chi connectivity index (χ1n) is 0.855. The minimum atomic E-state index is 0. The molecule has 0 spiro atoms. The van der Waals surface area contributed by atoms with Gasteiger partial charge >= 0.3 is 37.7 Å². The van der Waals surface area contributed by atoms with Crippen LogP contribution in [0.5, 0.6) is 0 Å². The first-order chi connectivity index (χ1) is 2.83. The SMILES string of the molecule is [Ca+2].[N-]=C=S.[N-]=C=S. The summed E-state index contributed by atoms with van der Waals surface area (Å²) in [5.74, 6) is 0. The largest absolute Gasteiger partial charge is 2.00 e. The Morgan fingerprint density at radius 2 is 1.00 bits per heavy atom. The van der Waals surface area contributed by atoms with Crippen LogP contribution in [0.2, 0.25) is 0 Å². The van der Waals surface area contributed by atoms with Gasteiger partial charge in [-0.15, -0.1) is 0 Å². The monoisotopic (exact) mass is 156 g/mol. The third-order valence-electron chi connectivity index (χ3n) is 0. The van der Waals surface area contributed by atoms with Crippen LogP contribution in [0, 0.1) is 0 Å². The summed E-state index contributed by atoms with van der Waals surface area (Å²) < 4.78 is 0. The van der Waals surface area contributed by atoms with Gasteiger partial charge in [-0.05, 0) is 0 Å². The zero-order valence-corrected chi connectivity index (χ0v) is 7.26. The Balaban J connectivity index is -0.0000000400. The summed E-state index contributed by atoms with van der Waals surface area (Å²) in [5.41, 5.74) is 0. The zero-order valence-electron chi connectivity index (χ0n) is 3.42. The van der Waals surface area contributed by atoms with Gasteiger partial charge in [-0.1, -0.05) is 24.4 Å². The first kappa shape index (κ1) is 15.7. The Kier molecular flexibility index (Phi) is 64.4. The minimum Gasteiger partial charge on any atom is -0.753 e. The molecule has 0 aliphatic carbocycles. The van der Waals surface area contributed by atoms with Gasteiger partial charge in [-0.2, -0.15) is 10.3 Å². The Morgan fingerprint density at radius 1 is 1.00 bits per heavy atom. The van der Waals surface area contributed by atoms with E-state index < -0.39 is 0 Å². The van der Waals surface area contributed by atoms with Gasteiger partial charge in [0.25, 0.3) is 0 Å². The van der Waals surface area contributed by atoms with Gasteiger partial charge in [0.15, 0.2) is 0 Å². The van der Waals surface area contributed by atoms with E-state index >= 15 is 0 Å². The topological polar surface area (TPSA) is 44.6 Å². The Hall–Kier alpha value is 0.860. The average molecular weight is 156 g/mol. The van der Waals surface area contributed by atoms with Crippen molar-refractivity contribution >= 4 is 72.5 Å². The molecule has 0 unspecified atom stereocenters. The third kappa shape index (κ3) is 219. The molecule has 0 N–H and O–H groups in total. The standard InChI is InChI=1S/2CNS.Ca/c2*2-1-3;/q2*-1;+2. The number of hydrogen-bond donors (Lipinski definition) is 0. The van der Waals surface area contributed by atoms with Gasteiger partial charge in [0.1, 0.15) is 0 Å². The molecule has 0 fully saturated rings. The second-order valence-electron chi connectivity index (χ2n) is 0.183. The smallest absolute Gasteiger partial charge is 0.753 e. The van der Waals surface area contributed by atoms with Crippen molar-refractivity contribution in [3.8, 4) is 0 Å². The number of thiocarbonyl (C=S) groups is 2. The molecule has 0 saturated heterocycles. The summed E-state index contributed by atoms with van der Waals surface area (Å²) in [4.78, 5) is 0. The Morgan fingerprint density at radius 3 is 1.00 bits per heavy atom. The second kappa shape index (κ2) is 28.8. The molecule has 0 heterocycles. The summed E-state index contributed by atoms with van der Waals surface area (Å²) in [6.07, 6.45) is 0. The van der Waals surface area contributed by atoms with E-state index in [9.17, 15) is 0 Å². The molecule has 0 aromatic heterocycles. The molecule has 0 aromatic carbocycles. The van der Waals surface area contributed by atoms with E-state index in [1.165, 1.54) is 10.3 Å². The summed E-state index contributed by atoms with van der Waals surface area (Å²) in [6.45, 7) is 0. The second-order valence-corrected chi connectivity index (χ2v) is 0.548. The first-order valence-corrected chi connectivity index (χ1v) is 1.67. The number of nitrogens with zero attached hydrogens (tertiary/aromatic N) is 2. The molecule has 0 atom stereocenters. The van der Waals surface area contributed by atoms with Crippen molar-refractivity contribution in [1.29, 1.82) is 0 Å². The number of hydrogen-bond acceptors (Lipinski definition) is 2. The molecule has 0 amide bonds. The maximum absolute atomic E-state index is 7.13. The van der Waals surface area contributed by atoms with Gasteiger partial charge < -0.3 is 10.8 Å². The average Bonchev–Trinajstić information content (AvgIpc) is 1.39. The predicted octanol–water partition coefficient (Wildman–Crippen LogP) is 0.936.